The van der Waals surface area contributed by atoms with Gasteiger partial charge in [-0.15, -0.1) is 0 Å². The fourth-order valence-electron chi connectivity index (χ4n) is 1.47. The lowest BCUT2D eigenvalue weighted by Gasteiger charge is -2.06. The van der Waals surface area contributed by atoms with E-state index in [1.165, 1.54) is 18.3 Å². The van der Waals surface area contributed by atoms with Crippen LogP contribution in [0.25, 0.3) is 0 Å². The Morgan fingerprint density at radius 1 is 1.18 bits per heavy atom. The zero-order valence-electron chi connectivity index (χ0n) is 11.0. The van der Waals surface area contributed by atoms with Gasteiger partial charge < -0.3 is 10.1 Å². The SMILES string of the molecule is O=C(COC(=O)c1ccc(F)c(F)c1)Nc1ccc(Cl)cn1. The molecule has 5 nitrogen and oxygen atoms in total. The molecule has 0 saturated carbocycles. The molecule has 0 unspecified atom stereocenters. The number of halogens is 3. The molecule has 0 fully saturated rings. The molecule has 0 saturated heterocycles. The largest absolute Gasteiger partial charge is 0.452 e. The Bertz CT molecular complexity index is 708. The first kappa shape index (κ1) is 15.8. The highest BCUT2D eigenvalue weighted by atomic mass is 35.5. The summed E-state index contributed by atoms with van der Waals surface area (Å²) < 4.78 is 30.4. The summed E-state index contributed by atoms with van der Waals surface area (Å²) in [4.78, 5) is 27.0. The summed E-state index contributed by atoms with van der Waals surface area (Å²) in [7, 11) is 0. The number of rotatable bonds is 4. The molecule has 0 aliphatic carbocycles. The van der Waals surface area contributed by atoms with Gasteiger partial charge in [-0.3, -0.25) is 4.79 Å². The molecule has 0 atom stereocenters. The zero-order valence-corrected chi connectivity index (χ0v) is 11.7. The van der Waals surface area contributed by atoms with Gasteiger partial charge in [0.15, 0.2) is 18.2 Å². The number of carbonyl (C=O) groups is 2. The molecule has 0 spiro atoms. The normalized spacial score (nSPS) is 10.1. The lowest BCUT2D eigenvalue weighted by Crippen LogP contribution is -2.21. The van der Waals surface area contributed by atoms with Crippen molar-refractivity contribution in [1.82, 2.24) is 4.98 Å². The van der Waals surface area contributed by atoms with Crippen molar-refractivity contribution in [2.24, 2.45) is 0 Å². The fraction of sp³-hybridized carbons (Fsp3) is 0.0714. The number of carbonyl (C=O) groups excluding carboxylic acids is 2. The molecule has 2 rings (SSSR count). The number of esters is 1. The Hall–Kier alpha value is -2.54. The second kappa shape index (κ2) is 6.95. The van der Waals surface area contributed by atoms with Crippen molar-refractivity contribution in [3.63, 3.8) is 0 Å². The van der Waals surface area contributed by atoms with E-state index in [-0.39, 0.29) is 11.4 Å². The maximum Gasteiger partial charge on any atom is 0.338 e. The predicted molar refractivity (Wildman–Crippen MR) is 74.5 cm³/mol. The van der Waals surface area contributed by atoms with Crippen LogP contribution in [0.2, 0.25) is 5.02 Å². The Labute approximate surface area is 128 Å². The van der Waals surface area contributed by atoms with E-state index in [4.69, 9.17) is 11.6 Å². The van der Waals surface area contributed by atoms with Crippen LogP contribution < -0.4 is 5.32 Å². The Morgan fingerprint density at radius 3 is 2.59 bits per heavy atom. The highest BCUT2D eigenvalue weighted by Gasteiger charge is 2.13. The molecule has 0 aliphatic rings. The maximum absolute atomic E-state index is 13.0. The van der Waals surface area contributed by atoms with E-state index in [1.807, 2.05) is 0 Å². The number of hydrogen-bond donors (Lipinski definition) is 1. The van der Waals surface area contributed by atoms with E-state index in [0.29, 0.717) is 11.1 Å². The minimum Gasteiger partial charge on any atom is -0.452 e. The second-order valence-electron chi connectivity index (χ2n) is 4.11. The molecule has 1 N–H and O–H groups in total. The Kier molecular flexibility index (Phi) is 5.00. The van der Waals surface area contributed by atoms with E-state index in [9.17, 15) is 18.4 Å². The van der Waals surface area contributed by atoms with Gasteiger partial charge >= 0.3 is 5.97 Å². The van der Waals surface area contributed by atoms with Gasteiger partial charge in [0.2, 0.25) is 0 Å². The molecule has 8 heteroatoms. The summed E-state index contributed by atoms with van der Waals surface area (Å²) >= 11 is 5.64. The number of nitrogens with zero attached hydrogens (tertiary/aromatic N) is 1. The standard InChI is InChI=1S/C14H9ClF2N2O3/c15-9-2-4-12(18-6-9)19-13(20)7-22-14(21)8-1-3-10(16)11(17)5-8/h1-6H,7H2,(H,18,19,20). The monoisotopic (exact) mass is 326 g/mol. The van der Waals surface area contributed by atoms with Gasteiger partial charge in [-0.25, -0.2) is 18.6 Å². The average Bonchev–Trinajstić information content (AvgIpc) is 2.50. The van der Waals surface area contributed by atoms with Crippen molar-refractivity contribution < 1.29 is 23.1 Å². The summed E-state index contributed by atoms with van der Waals surface area (Å²) in [6, 6.07) is 5.54. The molecular formula is C14H9ClF2N2O3. The number of nitrogens with one attached hydrogen (secondary N) is 1. The topological polar surface area (TPSA) is 68.3 Å². The number of aromatic nitrogens is 1. The Balaban J connectivity index is 1.88. The minimum absolute atomic E-state index is 0.198. The van der Waals surface area contributed by atoms with Crippen LogP contribution >= 0.6 is 11.6 Å². The molecule has 114 valence electrons. The van der Waals surface area contributed by atoms with Crippen LogP contribution in [0.5, 0.6) is 0 Å². The number of pyridine rings is 1. The first-order valence-electron chi connectivity index (χ1n) is 5.99. The number of benzene rings is 1. The van der Waals surface area contributed by atoms with E-state index in [1.54, 1.807) is 0 Å². The maximum atomic E-state index is 13.0. The smallest absolute Gasteiger partial charge is 0.338 e. The third kappa shape index (κ3) is 4.23. The van der Waals surface area contributed by atoms with Gasteiger partial charge in [-0.1, -0.05) is 11.6 Å². The molecule has 0 aliphatic heterocycles. The van der Waals surface area contributed by atoms with Crippen molar-refractivity contribution in [2.75, 3.05) is 11.9 Å². The van der Waals surface area contributed by atoms with Crippen molar-refractivity contribution in [3.8, 4) is 0 Å². The summed E-state index contributed by atoms with van der Waals surface area (Å²) in [6.45, 7) is -0.595. The molecule has 1 aromatic heterocycles. The van der Waals surface area contributed by atoms with Gasteiger partial charge in [0.05, 0.1) is 10.6 Å². The molecule has 2 aromatic rings. The highest BCUT2D eigenvalue weighted by Crippen LogP contribution is 2.11. The fourth-order valence-corrected chi connectivity index (χ4v) is 1.58. The van der Waals surface area contributed by atoms with Crippen molar-refractivity contribution in [1.29, 1.82) is 0 Å². The first-order valence-corrected chi connectivity index (χ1v) is 6.37. The molecule has 1 heterocycles. The van der Waals surface area contributed by atoms with E-state index in [0.717, 1.165) is 12.1 Å². The van der Waals surface area contributed by atoms with Crippen molar-refractivity contribution >= 4 is 29.3 Å². The molecule has 1 amide bonds. The Morgan fingerprint density at radius 2 is 1.95 bits per heavy atom. The first-order chi connectivity index (χ1) is 10.5. The third-order valence-corrected chi connectivity index (χ3v) is 2.71. The molecular weight excluding hydrogens is 318 g/mol. The lowest BCUT2D eigenvalue weighted by molar-refractivity contribution is -0.119. The van der Waals surface area contributed by atoms with E-state index in [2.05, 4.69) is 15.0 Å². The quantitative estimate of drug-likeness (QED) is 0.877. The van der Waals surface area contributed by atoms with E-state index >= 15 is 0 Å². The lowest BCUT2D eigenvalue weighted by atomic mass is 10.2. The molecule has 0 bridgehead atoms. The van der Waals surface area contributed by atoms with Crippen LogP contribution in [-0.2, 0) is 9.53 Å². The highest BCUT2D eigenvalue weighted by molar-refractivity contribution is 6.30. The van der Waals surface area contributed by atoms with Crippen molar-refractivity contribution in [2.45, 2.75) is 0 Å². The van der Waals surface area contributed by atoms with Crippen molar-refractivity contribution in [3.05, 3.63) is 58.7 Å². The van der Waals surface area contributed by atoms with Crippen LogP contribution in [0.3, 0.4) is 0 Å². The zero-order chi connectivity index (χ0) is 16.1. The minimum atomic E-state index is -1.18. The van der Waals surface area contributed by atoms with Crippen LogP contribution in [0.1, 0.15) is 10.4 Å². The van der Waals surface area contributed by atoms with E-state index < -0.39 is 30.1 Å². The summed E-state index contributed by atoms with van der Waals surface area (Å²) in [5, 5.41) is 2.78. The van der Waals surface area contributed by atoms with Gasteiger partial charge in [-0.05, 0) is 30.3 Å². The van der Waals surface area contributed by atoms with Gasteiger partial charge in [0.25, 0.3) is 5.91 Å². The third-order valence-electron chi connectivity index (χ3n) is 2.48. The molecule has 1 aromatic carbocycles. The number of amides is 1. The number of anilines is 1. The summed E-state index contributed by atoms with van der Waals surface area (Å²) in [5.74, 6) is -3.60. The van der Waals surface area contributed by atoms with Crippen LogP contribution in [-0.4, -0.2) is 23.5 Å². The average molecular weight is 327 g/mol. The van der Waals surface area contributed by atoms with Gasteiger partial charge in [0.1, 0.15) is 5.82 Å². The van der Waals surface area contributed by atoms with Crippen LogP contribution in [0.15, 0.2) is 36.5 Å². The number of hydrogen-bond acceptors (Lipinski definition) is 4. The van der Waals surface area contributed by atoms with Crippen LogP contribution in [0, 0.1) is 11.6 Å². The van der Waals surface area contributed by atoms with Crippen LogP contribution in [0.4, 0.5) is 14.6 Å². The van der Waals surface area contributed by atoms with Gasteiger partial charge in [0, 0.05) is 6.20 Å². The van der Waals surface area contributed by atoms with Gasteiger partial charge in [-0.2, -0.15) is 0 Å². The number of ether oxygens (including phenoxy) is 1. The molecule has 22 heavy (non-hydrogen) atoms. The second-order valence-corrected chi connectivity index (χ2v) is 4.55. The summed E-state index contributed by atoms with van der Waals surface area (Å²) in [5.41, 5.74) is -0.198. The molecule has 0 radical (unpaired) electrons. The predicted octanol–water partition coefficient (Wildman–Crippen LogP) is 2.81. The summed E-state index contributed by atoms with van der Waals surface area (Å²) in [6.07, 6.45) is 1.34.